The second-order valence-corrected chi connectivity index (χ2v) is 6.98. The minimum Gasteiger partial charge on any atom is -0.354 e. The minimum absolute atomic E-state index is 0.648. The van der Waals surface area contributed by atoms with Crippen molar-refractivity contribution in [3.05, 3.63) is 11.2 Å². The highest BCUT2D eigenvalue weighted by atomic mass is 35.5. The summed E-state index contributed by atoms with van der Waals surface area (Å²) < 4.78 is 0. The van der Waals surface area contributed by atoms with Gasteiger partial charge in [-0.2, -0.15) is 0 Å². The summed E-state index contributed by atoms with van der Waals surface area (Å²) in [6.45, 7) is 5.36. The van der Waals surface area contributed by atoms with Gasteiger partial charge in [-0.1, -0.05) is 38.3 Å². The van der Waals surface area contributed by atoms with Crippen LogP contribution < -0.4 is 5.32 Å². The molecule has 2 atom stereocenters. The molecule has 3 nitrogen and oxygen atoms in total. The standard InChI is InChI=1S/C14H22ClN3S/c1-3-7-16-14-17-9-12(15)13(18-14)19-11-6-4-5-10(2)8-11/h9-11H,3-8H2,1-2H3,(H,16,17,18). The molecule has 106 valence electrons. The van der Waals surface area contributed by atoms with Crippen LogP contribution in [0, 0.1) is 5.92 Å². The maximum absolute atomic E-state index is 6.21. The number of nitrogens with one attached hydrogen (secondary N) is 1. The molecule has 1 aromatic rings. The molecule has 19 heavy (non-hydrogen) atoms. The van der Waals surface area contributed by atoms with Crippen LogP contribution in [-0.4, -0.2) is 21.8 Å². The van der Waals surface area contributed by atoms with Gasteiger partial charge in [-0.3, -0.25) is 0 Å². The van der Waals surface area contributed by atoms with Crippen LogP contribution in [0.5, 0.6) is 0 Å². The van der Waals surface area contributed by atoms with Gasteiger partial charge in [0, 0.05) is 11.8 Å². The molecule has 1 saturated carbocycles. The van der Waals surface area contributed by atoms with Gasteiger partial charge in [-0.05, 0) is 25.2 Å². The molecule has 2 unspecified atom stereocenters. The smallest absolute Gasteiger partial charge is 0.223 e. The molecule has 2 rings (SSSR count). The van der Waals surface area contributed by atoms with Gasteiger partial charge in [-0.25, -0.2) is 9.97 Å². The van der Waals surface area contributed by atoms with Gasteiger partial charge in [0.25, 0.3) is 0 Å². The Labute approximate surface area is 124 Å². The average Bonchev–Trinajstić information content (AvgIpc) is 2.40. The van der Waals surface area contributed by atoms with Gasteiger partial charge < -0.3 is 5.32 Å². The zero-order valence-electron chi connectivity index (χ0n) is 11.7. The molecule has 0 radical (unpaired) electrons. The minimum atomic E-state index is 0.648. The van der Waals surface area contributed by atoms with E-state index >= 15 is 0 Å². The third-order valence-corrected chi connectivity index (χ3v) is 5.10. The summed E-state index contributed by atoms with van der Waals surface area (Å²) in [4.78, 5) is 8.75. The Morgan fingerprint density at radius 2 is 2.32 bits per heavy atom. The number of anilines is 1. The predicted octanol–water partition coefficient (Wildman–Crippen LogP) is 4.62. The van der Waals surface area contributed by atoms with Crippen LogP contribution in [0.25, 0.3) is 0 Å². The van der Waals surface area contributed by atoms with Crippen LogP contribution in [-0.2, 0) is 0 Å². The summed E-state index contributed by atoms with van der Waals surface area (Å²) in [5.74, 6) is 1.52. The normalized spacial score (nSPS) is 23.3. The van der Waals surface area contributed by atoms with Crippen LogP contribution >= 0.6 is 23.4 Å². The van der Waals surface area contributed by atoms with E-state index in [9.17, 15) is 0 Å². The van der Waals surface area contributed by atoms with Crippen LogP contribution in [0.2, 0.25) is 5.02 Å². The third-order valence-electron chi connectivity index (χ3n) is 3.41. The SMILES string of the molecule is CCCNc1ncc(Cl)c(SC2CCCC(C)C2)n1. The summed E-state index contributed by atoms with van der Waals surface area (Å²) in [6.07, 6.45) is 7.99. The summed E-state index contributed by atoms with van der Waals surface area (Å²) in [5.41, 5.74) is 0. The number of halogens is 1. The Morgan fingerprint density at radius 1 is 1.47 bits per heavy atom. The molecular weight excluding hydrogens is 278 g/mol. The van der Waals surface area contributed by atoms with E-state index in [-0.39, 0.29) is 0 Å². The monoisotopic (exact) mass is 299 g/mol. The van der Waals surface area contributed by atoms with Crippen LogP contribution in [0.4, 0.5) is 5.95 Å². The topological polar surface area (TPSA) is 37.8 Å². The van der Waals surface area contributed by atoms with Crippen LogP contribution in [0.1, 0.15) is 46.0 Å². The summed E-state index contributed by atoms with van der Waals surface area (Å²) in [6, 6.07) is 0. The van der Waals surface area contributed by atoms with Crippen molar-refractivity contribution in [1.82, 2.24) is 9.97 Å². The molecule has 1 aromatic heterocycles. The fourth-order valence-corrected chi connectivity index (χ4v) is 3.95. The molecular formula is C14H22ClN3S. The van der Waals surface area contributed by atoms with Crippen molar-refractivity contribution >= 4 is 29.3 Å². The lowest BCUT2D eigenvalue weighted by Gasteiger charge is -2.26. The van der Waals surface area contributed by atoms with E-state index in [0.29, 0.717) is 16.2 Å². The summed E-state index contributed by atoms with van der Waals surface area (Å²) >= 11 is 8.03. The van der Waals surface area contributed by atoms with Crippen molar-refractivity contribution < 1.29 is 0 Å². The van der Waals surface area contributed by atoms with Crippen molar-refractivity contribution in [3.63, 3.8) is 0 Å². The zero-order valence-corrected chi connectivity index (χ0v) is 13.2. The Bertz CT molecular complexity index is 414. The lowest BCUT2D eigenvalue weighted by Crippen LogP contribution is -2.15. The van der Waals surface area contributed by atoms with E-state index in [2.05, 4.69) is 29.1 Å². The molecule has 0 aliphatic heterocycles. The highest BCUT2D eigenvalue weighted by Gasteiger charge is 2.21. The molecule has 1 aliphatic rings. The second-order valence-electron chi connectivity index (χ2n) is 5.29. The molecule has 0 aromatic carbocycles. The van der Waals surface area contributed by atoms with E-state index in [1.54, 1.807) is 6.20 Å². The Morgan fingerprint density at radius 3 is 3.05 bits per heavy atom. The maximum atomic E-state index is 6.21. The fourth-order valence-electron chi connectivity index (χ4n) is 2.40. The highest BCUT2D eigenvalue weighted by molar-refractivity contribution is 8.00. The Hall–Kier alpha value is -0.480. The highest BCUT2D eigenvalue weighted by Crippen LogP contribution is 2.37. The first-order valence-electron chi connectivity index (χ1n) is 7.12. The fraction of sp³-hybridized carbons (Fsp3) is 0.714. The van der Waals surface area contributed by atoms with Gasteiger partial charge in [0.2, 0.25) is 5.95 Å². The maximum Gasteiger partial charge on any atom is 0.223 e. The average molecular weight is 300 g/mol. The molecule has 0 bridgehead atoms. The molecule has 5 heteroatoms. The van der Waals surface area contributed by atoms with Gasteiger partial charge in [0.15, 0.2) is 0 Å². The first-order chi connectivity index (χ1) is 9.19. The molecule has 1 heterocycles. The quantitative estimate of drug-likeness (QED) is 0.805. The molecule has 0 amide bonds. The lowest BCUT2D eigenvalue weighted by atomic mass is 9.91. The molecule has 1 fully saturated rings. The zero-order chi connectivity index (χ0) is 13.7. The molecule has 0 spiro atoms. The van der Waals surface area contributed by atoms with Crippen molar-refractivity contribution in [2.24, 2.45) is 5.92 Å². The lowest BCUT2D eigenvalue weighted by molar-refractivity contribution is 0.394. The van der Waals surface area contributed by atoms with Crippen molar-refractivity contribution in [2.75, 3.05) is 11.9 Å². The first-order valence-corrected chi connectivity index (χ1v) is 8.38. The van der Waals surface area contributed by atoms with E-state index in [4.69, 9.17) is 11.6 Å². The number of rotatable bonds is 5. The Balaban J connectivity index is 2.01. The number of hydrogen-bond acceptors (Lipinski definition) is 4. The van der Waals surface area contributed by atoms with Crippen molar-refractivity contribution in [2.45, 2.75) is 56.2 Å². The third kappa shape index (κ3) is 4.53. The van der Waals surface area contributed by atoms with E-state index in [1.165, 1.54) is 25.7 Å². The number of hydrogen-bond donors (Lipinski definition) is 1. The van der Waals surface area contributed by atoms with Crippen molar-refractivity contribution in [3.8, 4) is 0 Å². The van der Waals surface area contributed by atoms with E-state index in [1.807, 2.05) is 11.8 Å². The summed E-state index contributed by atoms with van der Waals surface area (Å²) in [7, 11) is 0. The van der Waals surface area contributed by atoms with Gasteiger partial charge >= 0.3 is 0 Å². The molecule has 0 saturated heterocycles. The van der Waals surface area contributed by atoms with Gasteiger partial charge in [-0.15, -0.1) is 11.8 Å². The number of aromatic nitrogens is 2. The number of thioether (sulfide) groups is 1. The van der Waals surface area contributed by atoms with Gasteiger partial charge in [0.1, 0.15) is 5.03 Å². The van der Waals surface area contributed by atoms with Gasteiger partial charge in [0.05, 0.1) is 11.2 Å². The van der Waals surface area contributed by atoms with Crippen molar-refractivity contribution in [1.29, 1.82) is 0 Å². The van der Waals surface area contributed by atoms with Crippen LogP contribution in [0.3, 0.4) is 0 Å². The van der Waals surface area contributed by atoms with E-state index < -0.39 is 0 Å². The predicted molar refractivity (Wildman–Crippen MR) is 83.1 cm³/mol. The van der Waals surface area contributed by atoms with E-state index in [0.717, 1.165) is 23.9 Å². The molecule has 1 aliphatic carbocycles. The first kappa shape index (κ1) is 14.9. The number of nitrogens with zero attached hydrogens (tertiary/aromatic N) is 2. The summed E-state index contributed by atoms with van der Waals surface area (Å²) in [5, 5.41) is 5.46. The Kier molecular flexibility index (Phi) is 5.76. The largest absolute Gasteiger partial charge is 0.354 e. The van der Waals surface area contributed by atoms with Crippen LogP contribution in [0.15, 0.2) is 11.2 Å². The molecule has 1 N–H and O–H groups in total. The second kappa shape index (κ2) is 7.34.